The normalized spacial score (nSPS) is 17.0. The molecule has 3 aromatic rings. The van der Waals surface area contributed by atoms with Crippen LogP contribution in [-0.4, -0.2) is 23.4 Å². The third-order valence-electron chi connectivity index (χ3n) is 5.35. The summed E-state index contributed by atoms with van der Waals surface area (Å²) >= 11 is 0. The van der Waals surface area contributed by atoms with Crippen LogP contribution >= 0.6 is 0 Å². The van der Waals surface area contributed by atoms with Crippen molar-refractivity contribution in [2.75, 3.05) is 6.54 Å². The van der Waals surface area contributed by atoms with Gasteiger partial charge in [-0.2, -0.15) is 0 Å². The number of hydrogen-bond donors (Lipinski definition) is 1. The van der Waals surface area contributed by atoms with E-state index in [0.29, 0.717) is 12.0 Å². The number of rotatable bonds is 5. The van der Waals surface area contributed by atoms with Gasteiger partial charge in [-0.1, -0.05) is 66.7 Å². The Kier molecular flexibility index (Phi) is 5.72. The van der Waals surface area contributed by atoms with Crippen LogP contribution in [0, 0.1) is 11.6 Å². The van der Waals surface area contributed by atoms with Crippen molar-refractivity contribution < 1.29 is 13.6 Å². The zero-order chi connectivity index (χ0) is 21.1. The fraction of sp³-hybridized carbons (Fsp3) is 0.160. The Labute approximate surface area is 174 Å². The third-order valence-corrected chi connectivity index (χ3v) is 5.35. The summed E-state index contributed by atoms with van der Waals surface area (Å²) in [7, 11) is 0. The molecular weight excluding hydrogens is 382 g/mol. The largest absolute Gasteiger partial charge is 0.326 e. The van der Waals surface area contributed by atoms with Gasteiger partial charge in [-0.3, -0.25) is 4.79 Å². The lowest BCUT2D eigenvalue weighted by Crippen LogP contribution is -2.45. The Hall–Kier alpha value is -3.31. The Morgan fingerprint density at radius 3 is 2.37 bits per heavy atom. The highest BCUT2D eigenvalue weighted by Gasteiger charge is 2.34. The summed E-state index contributed by atoms with van der Waals surface area (Å²) in [6.07, 6.45) is 2.22. The number of halogens is 2. The highest BCUT2D eigenvalue weighted by molar-refractivity contribution is 5.87. The standard InChI is InChI=1S/C25H22F2N2O/c26-20-11-12-22(27)21(15-20)19-14-24(18-9-5-2-6-10-18)29(16-19)25(30)23(28)13-17-7-3-1-4-8-17/h1-12,14-15,23-24H,13,16,28H2/t23-,24-/m0/s1. The van der Waals surface area contributed by atoms with Crippen LogP contribution in [0.2, 0.25) is 0 Å². The average Bonchev–Trinajstić information content (AvgIpc) is 3.21. The molecule has 2 N–H and O–H groups in total. The van der Waals surface area contributed by atoms with Gasteiger partial charge in [0.2, 0.25) is 5.91 Å². The maximum atomic E-state index is 14.4. The Bertz CT molecular complexity index is 1070. The molecule has 0 saturated heterocycles. The number of nitrogens with zero attached hydrogens (tertiary/aromatic N) is 1. The summed E-state index contributed by atoms with van der Waals surface area (Å²) in [5, 5.41) is 0. The van der Waals surface area contributed by atoms with Gasteiger partial charge >= 0.3 is 0 Å². The summed E-state index contributed by atoms with van der Waals surface area (Å²) in [4.78, 5) is 14.9. The van der Waals surface area contributed by atoms with E-state index < -0.39 is 23.7 Å². The molecule has 0 aliphatic carbocycles. The lowest BCUT2D eigenvalue weighted by Gasteiger charge is -2.28. The SMILES string of the molecule is N[C@@H](Cc1ccccc1)C(=O)N1CC(c2cc(F)ccc2F)=C[C@H]1c1ccccc1. The first kappa shape index (κ1) is 20.0. The zero-order valence-corrected chi connectivity index (χ0v) is 16.3. The summed E-state index contributed by atoms with van der Waals surface area (Å²) in [6, 6.07) is 21.3. The lowest BCUT2D eigenvalue weighted by molar-refractivity contribution is -0.133. The fourth-order valence-electron chi connectivity index (χ4n) is 3.84. The molecule has 1 aliphatic heterocycles. The van der Waals surface area contributed by atoms with Crippen LogP contribution in [0.25, 0.3) is 5.57 Å². The Balaban J connectivity index is 1.64. The molecule has 0 aromatic heterocycles. The van der Waals surface area contributed by atoms with E-state index >= 15 is 0 Å². The minimum atomic E-state index is -0.733. The predicted molar refractivity (Wildman–Crippen MR) is 113 cm³/mol. The van der Waals surface area contributed by atoms with Gasteiger partial charge in [-0.25, -0.2) is 8.78 Å². The van der Waals surface area contributed by atoms with E-state index in [1.807, 2.05) is 66.7 Å². The van der Waals surface area contributed by atoms with E-state index in [-0.39, 0.29) is 18.0 Å². The second kappa shape index (κ2) is 8.59. The molecule has 0 bridgehead atoms. The maximum absolute atomic E-state index is 14.4. The van der Waals surface area contributed by atoms with Gasteiger partial charge in [0.1, 0.15) is 11.6 Å². The molecule has 0 spiro atoms. The molecular formula is C25H22F2N2O. The van der Waals surface area contributed by atoms with Crippen LogP contribution in [0.15, 0.2) is 84.9 Å². The highest BCUT2D eigenvalue weighted by Crippen LogP contribution is 2.36. The summed E-state index contributed by atoms with van der Waals surface area (Å²) in [5.74, 6) is -1.26. The fourth-order valence-corrected chi connectivity index (χ4v) is 3.84. The second-order valence-electron chi connectivity index (χ2n) is 7.43. The number of carbonyl (C=O) groups is 1. The molecule has 0 fully saturated rings. The van der Waals surface area contributed by atoms with E-state index in [2.05, 4.69) is 0 Å². The quantitative estimate of drug-likeness (QED) is 0.681. The van der Waals surface area contributed by atoms with Crippen LogP contribution in [-0.2, 0) is 11.2 Å². The molecule has 2 atom stereocenters. The van der Waals surface area contributed by atoms with Gasteiger partial charge in [-0.05, 0) is 41.3 Å². The van der Waals surface area contributed by atoms with Gasteiger partial charge in [0.05, 0.1) is 12.1 Å². The van der Waals surface area contributed by atoms with Crippen molar-refractivity contribution in [2.24, 2.45) is 5.73 Å². The first-order chi connectivity index (χ1) is 14.5. The number of hydrogen-bond acceptors (Lipinski definition) is 2. The molecule has 30 heavy (non-hydrogen) atoms. The summed E-state index contributed by atoms with van der Waals surface area (Å²) in [6.45, 7) is 0.168. The van der Waals surface area contributed by atoms with E-state index in [9.17, 15) is 13.6 Å². The van der Waals surface area contributed by atoms with E-state index in [4.69, 9.17) is 5.73 Å². The van der Waals surface area contributed by atoms with Crippen molar-refractivity contribution in [3.05, 3.63) is 113 Å². The minimum absolute atomic E-state index is 0.168. The number of benzene rings is 3. The van der Waals surface area contributed by atoms with E-state index in [1.165, 1.54) is 6.07 Å². The van der Waals surface area contributed by atoms with Crippen molar-refractivity contribution >= 4 is 11.5 Å². The average molecular weight is 404 g/mol. The van der Waals surface area contributed by atoms with Crippen molar-refractivity contribution in [3.63, 3.8) is 0 Å². The smallest absolute Gasteiger partial charge is 0.240 e. The predicted octanol–water partition coefficient (Wildman–Crippen LogP) is 4.50. The maximum Gasteiger partial charge on any atom is 0.240 e. The topological polar surface area (TPSA) is 46.3 Å². The lowest BCUT2D eigenvalue weighted by atomic mass is 10.0. The van der Waals surface area contributed by atoms with Crippen molar-refractivity contribution in [2.45, 2.75) is 18.5 Å². The first-order valence-corrected chi connectivity index (χ1v) is 9.84. The van der Waals surface area contributed by atoms with Crippen molar-refractivity contribution in [3.8, 4) is 0 Å². The molecule has 1 amide bonds. The molecule has 0 unspecified atom stereocenters. The van der Waals surface area contributed by atoms with Crippen molar-refractivity contribution in [1.29, 1.82) is 0 Å². The highest BCUT2D eigenvalue weighted by atomic mass is 19.1. The van der Waals surface area contributed by atoms with Crippen LogP contribution in [0.5, 0.6) is 0 Å². The Morgan fingerprint density at radius 2 is 1.67 bits per heavy atom. The van der Waals surface area contributed by atoms with Gasteiger partial charge in [0.25, 0.3) is 0 Å². The number of amides is 1. The van der Waals surface area contributed by atoms with Crippen LogP contribution in [0.3, 0.4) is 0 Å². The molecule has 152 valence electrons. The van der Waals surface area contributed by atoms with Crippen molar-refractivity contribution in [1.82, 2.24) is 4.90 Å². The molecule has 0 saturated carbocycles. The van der Waals surface area contributed by atoms with Crippen LogP contribution < -0.4 is 5.73 Å². The van der Waals surface area contributed by atoms with E-state index in [1.54, 1.807) is 4.90 Å². The zero-order valence-electron chi connectivity index (χ0n) is 16.3. The minimum Gasteiger partial charge on any atom is -0.326 e. The molecule has 1 heterocycles. The van der Waals surface area contributed by atoms with Gasteiger partial charge in [-0.15, -0.1) is 0 Å². The Morgan fingerprint density at radius 1 is 1.00 bits per heavy atom. The molecule has 3 nitrogen and oxygen atoms in total. The van der Waals surface area contributed by atoms with E-state index in [0.717, 1.165) is 23.3 Å². The number of carbonyl (C=O) groups excluding carboxylic acids is 1. The molecule has 3 aromatic carbocycles. The summed E-state index contributed by atoms with van der Waals surface area (Å²) in [5.41, 5.74) is 8.86. The monoisotopic (exact) mass is 404 g/mol. The van der Waals surface area contributed by atoms with Gasteiger partial charge in [0, 0.05) is 12.1 Å². The van der Waals surface area contributed by atoms with Crippen LogP contribution in [0.4, 0.5) is 8.78 Å². The molecule has 1 aliphatic rings. The number of nitrogens with two attached hydrogens (primary N) is 1. The third kappa shape index (κ3) is 4.16. The first-order valence-electron chi connectivity index (χ1n) is 9.84. The molecule has 4 rings (SSSR count). The second-order valence-corrected chi connectivity index (χ2v) is 7.43. The molecule has 0 radical (unpaired) electrons. The molecule has 5 heteroatoms. The van der Waals surface area contributed by atoms with Gasteiger partial charge < -0.3 is 10.6 Å². The summed E-state index contributed by atoms with van der Waals surface area (Å²) < 4.78 is 28.1. The van der Waals surface area contributed by atoms with Crippen LogP contribution in [0.1, 0.15) is 22.7 Å². The van der Waals surface area contributed by atoms with Gasteiger partial charge in [0.15, 0.2) is 0 Å².